The van der Waals surface area contributed by atoms with Gasteiger partial charge in [0, 0.05) is 0 Å². The Hall–Kier alpha value is -0.570. The summed E-state index contributed by atoms with van der Waals surface area (Å²) in [5.74, 6) is 0.371. The van der Waals surface area contributed by atoms with Gasteiger partial charge in [-0.3, -0.25) is 4.79 Å². The molecule has 14 heavy (non-hydrogen) atoms. The SMILES string of the molecule is CCC(O)C1CCC(C(=O)OC)CC1. The number of esters is 1. The van der Waals surface area contributed by atoms with Crippen molar-refractivity contribution in [2.45, 2.75) is 45.1 Å². The van der Waals surface area contributed by atoms with E-state index in [-0.39, 0.29) is 18.0 Å². The zero-order chi connectivity index (χ0) is 10.6. The minimum atomic E-state index is -0.186. The number of hydrogen-bond acceptors (Lipinski definition) is 3. The molecule has 0 bridgehead atoms. The van der Waals surface area contributed by atoms with E-state index in [9.17, 15) is 9.90 Å². The van der Waals surface area contributed by atoms with Crippen molar-refractivity contribution in [2.75, 3.05) is 7.11 Å². The van der Waals surface area contributed by atoms with E-state index in [2.05, 4.69) is 0 Å². The van der Waals surface area contributed by atoms with Crippen LogP contribution in [0.25, 0.3) is 0 Å². The van der Waals surface area contributed by atoms with Crippen LogP contribution in [0.3, 0.4) is 0 Å². The maximum atomic E-state index is 11.2. The summed E-state index contributed by atoms with van der Waals surface area (Å²) < 4.78 is 4.71. The average Bonchev–Trinajstić information content (AvgIpc) is 2.27. The zero-order valence-electron chi connectivity index (χ0n) is 9.03. The zero-order valence-corrected chi connectivity index (χ0v) is 9.03. The van der Waals surface area contributed by atoms with E-state index in [1.165, 1.54) is 7.11 Å². The first kappa shape index (κ1) is 11.5. The number of aliphatic hydroxyl groups excluding tert-OH is 1. The molecular weight excluding hydrogens is 180 g/mol. The van der Waals surface area contributed by atoms with Crippen molar-refractivity contribution in [2.24, 2.45) is 11.8 Å². The molecule has 3 heteroatoms. The topological polar surface area (TPSA) is 46.5 Å². The summed E-state index contributed by atoms with van der Waals surface area (Å²) in [6.07, 6.45) is 4.27. The van der Waals surface area contributed by atoms with Crippen LogP contribution in [0.2, 0.25) is 0 Å². The standard InChI is InChI=1S/C11H20O3/c1-3-10(12)8-4-6-9(7-5-8)11(13)14-2/h8-10,12H,3-7H2,1-2H3. The first-order valence-electron chi connectivity index (χ1n) is 5.45. The molecule has 1 N–H and O–H groups in total. The number of methoxy groups -OCH3 is 1. The van der Waals surface area contributed by atoms with Gasteiger partial charge >= 0.3 is 5.97 Å². The number of aliphatic hydroxyl groups is 1. The first-order chi connectivity index (χ1) is 6.69. The number of ether oxygens (including phenoxy) is 1. The number of rotatable bonds is 3. The maximum absolute atomic E-state index is 11.2. The maximum Gasteiger partial charge on any atom is 0.308 e. The highest BCUT2D eigenvalue weighted by molar-refractivity contribution is 5.72. The lowest BCUT2D eigenvalue weighted by Crippen LogP contribution is -2.28. The second kappa shape index (κ2) is 5.35. The highest BCUT2D eigenvalue weighted by atomic mass is 16.5. The number of carbonyl (C=O) groups is 1. The highest BCUT2D eigenvalue weighted by Gasteiger charge is 2.29. The molecule has 0 amide bonds. The van der Waals surface area contributed by atoms with Gasteiger partial charge in [-0.25, -0.2) is 0 Å². The molecule has 1 aliphatic rings. The number of carbonyl (C=O) groups excluding carboxylic acids is 1. The molecule has 1 unspecified atom stereocenters. The summed E-state index contributed by atoms with van der Waals surface area (Å²) in [5, 5.41) is 9.65. The minimum Gasteiger partial charge on any atom is -0.469 e. The number of hydrogen-bond donors (Lipinski definition) is 1. The van der Waals surface area contributed by atoms with Gasteiger partial charge in [0.1, 0.15) is 0 Å². The fourth-order valence-electron chi connectivity index (χ4n) is 2.24. The third-order valence-electron chi connectivity index (χ3n) is 3.27. The smallest absolute Gasteiger partial charge is 0.308 e. The molecule has 1 saturated carbocycles. The summed E-state index contributed by atoms with van der Waals surface area (Å²) >= 11 is 0. The Bertz CT molecular complexity index is 183. The normalized spacial score (nSPS) is 29.6. The summed E-state index contributed by atoms with van der Waals surface area (Å²) in [5.41, 5.74) is 0. The first-order valence-corrected chi connectivity index (χ1v) is 5.45. The largest absolute Gasteiger partial charge is 0.469 e. The van der Waals surface area contributed by atoms with E-state index >= 15 is 0 Å². The van der Waals surface area contributed by atoms with Crippen LogP contribution >= 0.6 is 0 Å². The summed E-state index contributed by atoms with van der Waals surface area (Å²) in [7, 11) is 1.44. The molecule has 0 aliphatic heterocycles. The van der Waals surface area contributed by atoms with Crippen molar-refractivity contribution >= 4 is 5.97 Å². The molecule has 1 atom stereocenters. The molecule has 0 aromatic rings. The lowest BCUT2D eigenvalue weighted by atomic mass is 9.79. The molecular formula is C11H20O3. The molecule has 0 radical (unpaired) electrons. The third-order valence-corrected chi connectivity index (χ3v) is 3.27. The van der Waals surface area contributed by atoms with E-state index in [4.69, 9.17) is 4.74 Å². The van der Waals surface area contributed by atoms with Crippen molar-refractivity contribution in [1.82, 2.24) is 0 Å². The predicted octanol–water partition coefficient (Wildman–Crippen LogP) is 1.74. The lowest BCUT2D eigenvalue weighted by Gasteiger charge is -2.29. The average molecular weight is 200 g/mol. The van der Waals surface area contributed by atoms with Crippen molar-refractivity contribution in [3.05, 3.63) is 0 Å². The van der Waals surface area contributed by atoms with E-state index in [0.717, 1.165) is 32.1 Å². The Labute approximate surface area is 85.5 Å². The van der Waals surface area contributed by atoms with Crippen LogP contribution in [0.4, 0.5) is 0 Å². The summed E-state index contributed by atoms with van der Waals surface area (Å²) in [4.78, 5) is 11.2. The van der Waals surface area contributed by atoms with E-state index in [1.807, 2.05) is 6.92 Å². The Kier molecular flexibility index (Phi) is 4.39. The van der Waals surface area contributed by atoms with Crippen LogP contribution in [-0.4, -0.2) is 24.3 Å². The van der Waals surface area contributed by atoms with Crippen LogP contribution in [0, 0.1) is 11.8 Å². The molecule has 0 heterocycles. The van der Waals surface area contributed by atoms with Gasteiger partial charge in [-0.2, -0.15) is 0 Å². The van der Waals surface area contributed by atoms with Crippen molar-refractivity contribution in [3.63, 3.8) is 0 Å². The molecule has 82 valence electrons. The van der Waals surface area contributed by atoms with Crippen LogP contribution in [-0.2, 0) is 9.53 Å². The van der Waals surface area contributed by atoms with Crippen molar-refractivity contribution in [1.29, 1.82) is 0 Å². The van der Waals surface area contributed by atoms with E-state index in [0.29, 0.717) is 5.92 Å². The molecule has 1 aliphatic carbocycles. The van der Waals surface area contributed by atoms with Gasteiger partial charge in [0.15, 0.2) is 0 Å². The fraction of sp³-hybridized carbons (Fsp3) is 0.909. The van der Waals surface area contributed by atoms with Gasteiger partial charge in [-0.1, -0.05) is 6.92 Å². The van der Waals surface area contributed by atoms with Crippen LogP contribution < -0.4 is 0 Å². The van der Waals surface area contributed by atoms with E-state index in [1.54, 1.807) is 0 Å². The molecule has 0 spiro atoms. The molecule has 1 fully saturated rings. The Morgan fingerprint density at radius 1 is 1.43 bits per heavy atom. The van der Waals surface area contributed by atoms with Gasteiger partial charge in [0.25, 0.3) is 0 Å². The van der Waals surface area contributed by atoms with Crippen LogP contribution in [0.5, 0.6) is 0 Å². The summed E-state index contributed by atoms with van der Waals surface area (Å²) in [6, 6.07) is 0. The van der Waals surface area contributed by atoms with E-state index < -0.39 is 0 Å². The monoisotopic (exact) mass is 200 g/mol. The van der Waals surface area contributed by atoms with Crippen LogP contribution in [0.15, 0.2) is 0 Å². The predicted molar refractivity (Wildman–Crippen MR) is 53.8 cm³/mol. The van der Waals surface area contributed by atoms with Crippen molar-refractivity contribution in [3.8, 4) is 0 Å². The second-order valence-corrected chi connectivity index (χ2v) is 4.11. The Morgan fingerprint density at radius 2 is 2.00 bits per heavy atom. The molecule has 3 nitrogen and oxygen atoms in total. The van der Waals surface area contributed by atoms with Crippen molar-refractivity contribution < 1.29 is 14.6 Å². The molecule has 1 rings (SSSR count). The van der Waals surface area contributed by atoms with Crippen LogP contribution in [0.1, 0.15) is 39.0 Å². The van der Waals surface area contributed by atoms with Gasteiger partial charge < -0.3 is 9.84 Å². The third kappa shape index (κ3) is 2.71. The van der Waals surface area contributed by atoms with Gasteiger partial charge in [0.2, 0.25) is 0 Å². The molecule has 0 saturated heterocycles. The summed E-state index contributed by atoms with van der Waals surface area (Å²) in [6.45, 7) is 2.00. The quantitative estimate of drug-likeness (QED) is 0.706. The minimum absolute atomic E-state index is 0.0697. The Balaban J connectivity index is 2.34. The Morgan fingerprint density at radius 3 is 2.43 bits per heavy atom. The highest BCUT2D eigenvalue weighted by Crippen LogP contribution is 2.32. The molecule has 0 aromatic carbocycles. The lowest BCUT2D eigenvalue weighted by molar-refractivity contribution is -0.147. The fourth-order valence-corrected chi connectivity index (χ4v) is 2.24. The van der Waals surface area contributed by atoms with Gasteiger partial charge in [0.05, 0.1) is 19.1 Å². The molecule has 0 aromatic heterocycles. The second-order valence-electron chi connectivity index (χ2n) is 4.11. The van der Waals surface area contributed by atoms with Gasteiger partial charge in [-0.05, 0) is 38.0 Å². The van der Waals surface area contributed by atoms with Gasteiger partial charge in [-0.15, -0.1) is 0 Å².